The molecule has 1 rings (SSSR count). The number of aliphatic carboxylic acids is 1. The van der Waals surface area contributed by atoms with Crippen LogP contribution in [0.25, 0.3) is 0 Å². The lowest BCUT2D eigenvalue weighted by Gasteiger charge is -2.42. The molecule has 122 valence electrons. The minimum Gasteiger partial charge on any atom is -0.480 e. The molecule has 1 heterocycles. The van der Waals surface area contributed by atoms with Crippen LogP contribution in [0.4, 0.5) is 0 Å². The first kappa shape index (κ1) is 17.8. The Morgan fingerprint density at radius 1 is 1.38 bits per heavy atom. The van der Waals surface area contributed by atoms with Crippen LogP contribution in [-0.4, -0.2) is 82.2 Å². The Morgan fingerprint density at radius 3 is 2.48 bits per heavy atom. The zero-order chi connectivity index (χ0) is 16.2. The van der Waals surface area contributed by atoms with Gasteiger partial charge in [-0.25, -0.2) is 0 Å². The summed E-state index contributed by atoms with van der Waals surface area (Å²) >= 11 is 0. The molecular formula is C11H20N2O8. The number of rotatable bonds is 6. The Balaban J connectivity index is 2.78. The molecule has 0 aliphatic carbocycles. The smallest absolute Gasteiger partial charge is 0.322 e. The van der Waals surface area contributed by atoms with Gasteiger partial charge in [0.15, 0.2) is 6.29 Å². The molecule has 0 radical (unpaired) electrons. The first-order chi connectivity index (χ1) is 9.77. The highest BCUT2D eigenvalue weighted by molar-refractivity contribution is 5.73. The highest BCUT2D eigenvalue weighted by Crippen LogP contribution is 2.22. The molecule has 10 nitrogen and oxygen atoms in total. The monoisotopic (exact) mass is 308 g/mol. The molecule has 1 amide bonds. The summed E-state index contributed by atoms with van der Waals surface area (Å²) in [6.07, 6.45) is -5.27. The summed E-state index contributed by atoms with van der Waals surface area (Å²) in [5, 5.41) is 39.8. The van der Waals surface area contributed by atoms with Gasteiger partial charge in [-0.1, -0.05) is 0 Å². The Morgan fingerprint density at radius 2 is 2.00 bits per heavy atom. The van der Waals surface area contributed by atoms with Crippen LogP contribution in [0.2, 0.25) is 0 Å². The number of hydrogen-bond acceptors (Lipinski definition) is 8. The summed E-state index contributed by atoms with van der Waals surface area (Å²) in [5.74, 6) is -1.80. The largest absolute Gasteiger partial charge is 0.480 e. The first-order valence-electron chi connectivity index (χ1n) is 6.27. The number of carbonyl (C=O) groups excluding carboxylic acids is 1. The zero-order valence-electron chi connectivity index (χ0n) is 11.4. The summed E-state index contributed by atoms with van der Waals surface area (Å²) < 4.78 is 10.4. The molecule has 10 heteroatoms. The summed E-state index contributed by atoms with van der Waals surface area (Å²) in [6, 6.07) is -2.44. The minimum atomic E-state index is -1.45. The molecule has 0 bridgehead atoms. The Bertz CT molecular complexity index is 379. The van der Waals surface area contributed by atoms with Crippen LogP contribution in [0.15, 0.2) is 0 Å². The highest BCUT2D eigenvalue weighted by Gasteiger charge is 2.45. The predicted octanol–water partition coefficient (Wildman–Crippen LogP) is -3.64. The average Bonchev–Trinajstić information content (AvgIpc) is 2.42. The molecule has 0 spiro atoms. The second-order valence-electron chi connectivity index (χ2n) is 4.71. The van der Waals surface area contributed by atoms with Crippen molar-refractivity contribution in [1.29, 1.82) is 0 Å². The van der Waals surface area contributed by atoms with E-state index in [-0.39, 0.29) is 0 Å². The Labute approximate surface area is 120 Å². The van der Waals surface area contributed by atoms with Crippen molar-refractivity contribution in [3.8, 4) is 0 Å². The standard InChI is InChI=1S/C11H20N2O8/c1-4(15)13-7-9(17)8(16)6(2-14)21-11(7)20-3-5(12)10(18)19/h5-9,11,14,16-17H,2-3,12H2,1H3,(H,13,15)(H,18,19)/t5?,6?,7-,8+,9?,11+/m0/s1. The van der Waals surface area contributed by atoms with Crippen LogP contribution in [0.1, 0.15) is 6.92 Å². The van der Waals surface area contributed by atoms with E-state index in [9.17, 15) is 19.8 Å². The van der Waals surface area contributed by atoms with Crippen molar-refractivity contribution in [3.05, 3.63) is 0 Å². The summed E-state index contributed by atoms with van der Waals surface area (Å²) in [5.41, 5.74) is 5.28. The maximum Gasteiger partial charge on any atom is 0.322 e. The van der Waals surface area contributed by atoms with Crippen LogP contribution < -0.4 is 11.1 Å². The van der Waals surface area contributed by atoms with Gasteiger partial charge in [0.05, 0.1) is 13.2 Å². The summed E-state index contributed by atoms with van der Waals surface area (Å²) in [4.78, 5) is 21.7. The Hall–Kier alpha value is -1.30. The average molecular weight is 308 g/mol. The third-order valence-corrected chi connectivity index (χ3v) is 3.01. The van der Waals surface area contributed by atoms with Gasteiger partial charge < -0.3 is 41.0 Å². The number of ether oxygens (including phenoxy) is 2. The SMILES string of the molecule is CC(=O)N[C@H]1C(O)[C@H](O)C(CO)O[C@H]1OCC(N)C(=O)O. The van der Waals surface area contributed by atoms with Gasteiger partial charge in [-0.15, -0.1) is 0 Å². The van der Waals surface area contributed by atoms with Crippen molar-refractivity contribution in [2.45, 2.75) is 43.6 Å². The number of aliphatic hydroxyl groups excluding tert-OH is 3. The molecule has 1 aliphatic heterocycles. The quantitative estimate of drug-likeness (QED) is 0.289. The van der Waals surface area contributed by atoms with Gasteiger partial charge in [0.1, 0.15) is 30.4 Å². The molecule has 1 aliphatic rings. The maximum atomic E-state index is 11.1. The van der Waals surface area contributed by atoms with Gasteiger partial charge in [0.25, 0.3) is 0 Å². The van der Waals surface area contributed by atoms with Crippen molar-refractivity contribution in [2.75, 3.05) is 13.2 Å². The molecular weight excluding hydrogens is 288 g/mol. The second kappa shape index (κ2) is 7.64. The van der Waals surface area contributed by atoms with E-state index in [0.29, 0.717) is 0 Å². The van der Waals surface area contributed by atoms with E-state index in [1.807, 2.05) is 0 Å². The molecule has 0 saturated carbocycles. The highest BCUT2D eigenvalue weighted by atomic mass is 16.7. The number of nitrogens with two attached hydrogens (primary N) is 1. The van der Waals surface area contributed by atoms with Gasteiger partial charge in [0.2, 0.25) is 5.91 Å². The van der Waals surface area contributed by atoms with E-state index in [2.05, 4.69) is 5.32 Å². The lowest BCUT2D eigenvalue weighted by molar-refractivity contribution is -0.270. The van der Waals surface area contributed by atoms with Crippen molar-refractivity contribution in [3.63, 3.8) is 0 Å². The first-order valence-corrected chi connectivity index (χ1v) is 6.27. The van der Waals surface area contributed by atoms with E-state index in [0.717, 1.165) is 0 Å². The normalized spacial score (nSPS) is 34.2. The van der Waals surface area contributed by atoms with Crippen molar-refractivity contribution >= 4 is 11.9 Å². The second-order valence-corrected chi connectivity index (χ2v) is 4.71. The molecule has 3 unspecified atom stereocenters. The summed E-state index contributed by atoms with van der Waals surface area (Å²) in [6.45, 7) is 0.171. The van der Waals surface area contributed by atoms with Gasteiger partial charge in [-0.3, -0.25) is 9.59 Å². The van der Waals surface area contributed by atoms with Crippen LogP contribution in [-0.2, 0) is 19.1 Å². The minimum absolute atomic E-state index is 0.433. The molecule has 0 aromatic rings. The molecule has 0 aromatic carbocycles. The fourth-order valence-electron chi connectivity index (χ4n) is 1.88. The van der Waals surface area contributed by atoms with Gasteiger partial charge >= 0.3 is 5.97 Å². The Kier molecular flexibility index (Phi) is 6.45. The maximum absolute atomic E-state index is 11.1. The van der Waals surface area contributed by atoms with Crippen LogP contribution in [0.3, 0.4) is 0 Å². The van der Waals surface area contributed by atoms with Crippen LogP contribution in [0.5, 0.6) is 0 Å². The number of nitrogens with one attached hydrogen (secondary N) is 1. The van der Waals surface area contributed by atoms with Crippen molar-refractivity contribution in [1.82, 2.24) is 5.32 Å². The third kappa shape index (κ3) is 4.59. The van der Waals surface area contributed by atoms with Gasteiger partial charge in [0, 0.05) is 6.92 Å². The third-order valence-electron chi connectivity index (χ3n) is 3.01. The predicted molar refractivity (Wildman–Crippen MR) is 66.9 cm³/mol. The van der Waals surface area contributed by atoms with E-state index >= 15 is 0 Å². The van der Waals surface area contributed by atoms with E-state index in [4.69, 9.17) is 25.4 Å². The lowest BCUT2D eigenvalue weighted by Crippen LogP contribution is -2.64. The molecule has 1 fully saturated rings. The van der Waals surface area contributed by atoms with E-state index in [1.165, 1.54) is 6.92 Å². The van der Waals surface area contributed by atoms with E-state index < -0.39 is 61.8 Å². The number of carboxylic acid groups (broad SMARTS) is 1. The number of hydrogen-bond donors (Lipinski definition) is 6. The van der Waals surface area contributed by atoms with Gasteiger partial charge in [-0.2, -0.15) is 0 Å². The van der Waals surface area contributed by atoms with Crippen LogP contribution in [0, 0.1) is 0 Å². The lowest BCUT2D eigenvalue weighted by atomic mass is 9.97. The molecule has 6 atom stereocenters. The number of amides is 1. The van der Waals surface area contributed by atoms with Crippen LogP contribution >= 0.6 is 0 Å². The number of carboxylic acids is 1. The topological polar surface area (TPSA) is 172 Å². The van der Waals surface area contributed by atoms with Crippen molar-refractivity contribution in [2.24, 2.45) is 5.73 Å². The van der Waals surface area contributed by atoms with E-state index in [1.54, 1.807) is 0 Å². The van der Waals surface area contributed by atoms with Gasteiger partial charge in [-0.05, 0) is 0 Å². The molecule has 0 aromatic heterocycles. The number of aliphatic hydroxyl groups is 3. The van der Waals surface area contributed by atoms with Crippen molar-refractivity contribution < 1.29 is 39.5 Å². The zero-order valence-corrected chi connectivity index (χ0v) is 11.4. The number of carbonyl (C=O) groups is 2. The molecule has 1 saturated heterocycles. The fourth-order valence-corrected chi connectivity index (χ4v) is 1.88. The molecule has 7 N–H and O–H groups in total. The fraction of sp³-hybridized carbons (Fsp3) is 0.818. The molecule has 21 heavy (non-hydrogen) atoms. The summed E-state index contributed by atoms with van der Waals surface area (Å²) in [7, 11) is 0.